The van der Waals surface area contributed by atoms with Crippen molar-refractivity contribution in [3.05, 3.63) is 35.3 Å². The summed E-state index contributed by atoms with van der Waals surface area (Å²) in [5, 5.41) is 9.15. The van der Waals surface area contributed by atoms with Crippen molar-refractivity contribution in [2.24, 2.45) is 0 Å². The lowest BCUT2D eigenvalue weighted by atomic mass is 10.0. The number of hydrogen-bond donors (Lipinski definition) is 0. The summed E-state index contributed by atoms with van der Waals surface area (Å²) in [4.78, 5) is 4.63. The van der Waals surface area contributed by atoms with E-state index in [9.17, 15) is 0 Å². The van der Waals surface area contributed by atoms with E-state index in [1.165, 1.54) is 5.56 Å². The topological polar surface area (TPSA) is 41.1 Å². The van der Waals surface area contributed by atoms with Crippen LogP contribution >= 0.6 is 0 Å². The predicted molar refractivity (Wildman–Crippen MR) is 68.0 cm³/mol. The van der Waals surface area contributed by atoms with Crippen molar-refractivity contribution in [1.82, 2.24) is 9.38 Å². The number of nitriles is 1. The minimum Gasteiger partial charge on any atom is -0.302 e. The summed E-state index contributed by atoms with van der Waals surface area (Å²) in [6.45, 7) is 8.21. The second-order valence-corrected chi connectivity index (χ2v) is 4.82. The Hall–Kier alpha value is -1.82. The average Bonchev–Trinajstić information content (AvgIpc) is 2.66. The molecule has 1 atom stereocenters. The molecule has 0 aromatic carbocycles. The smallest absolute Gasteiger partial charge is 0.137 e. The van der Waals surface area contributed by atoms with Crippen LogP contribution in [0.4, 0.5) is 0 Å². The van der Waals surface area contributed by atoms with Gasteiger partial charge in [0.05, 0.1) is 23.4 Å². The minimum absolute atomic E-state index is 0.135. The summed E-state index contributed by atoms with van der Waals surface area (Å²) in [5.41, 5.74) is 4.17. The highest BCUT2D eigenvalue weighted by Gasteiger charge is 2.19. The summed E-state index contributed by atoms with van der Waals surface area (Å²) in [5.74, 6) is 0.199. The van der Waals surface area contributed by atoms with Gasteiger partial charge in [-0.1, -0.05) is 19.9 Å². The van der Waals surface area contributed by atoms with Gasteiger partial charge in [0, 0.05) is 6.20 Å². The van der Waals surface area contributed by atoms with Gasteiger partial charge in [-0.3, -0.25) is 0 Å². The molecule has 0 bridgehead atoms. The van der Waals surface area contributed by atoms with Gasteiger partial charge in [-0.2, -0.15) is 5.26 Å². The van der Waals surface area contributed by atoms with Crippen LogP contribution in [0.3, 0.4) is 0 Å². The molecule has 3 heteroatoms. The van der Waals surface area contributed by atoms with Crippen LogP contribution in [0.25, 0.3) is 5.65 Å². The standard InChI is InChI=1S/C14H17N3/c1-9(2)13-14(11(4)7-15)17-8-10(3)5-6-12(17)16-13/h5-6,8-9,11H,1-4H3. The molecule has 2 aromatic heterocycles. The Morgan fingerprint density at radius 3 is 2.59 bits per heavy atom. The molecule has 2 rings (SSSR count). The number of imidazole rings is 1. The highest BCUT2D eigenvalue weighted by Crippen LogP contribution is 2.27. The zero-order valence-electron chi connectivity index (χ0n) is 10.7. The molecule has 0 aliphatic carbocycles. The Labute approximate surface area is 102 Å². The highest BCUT2D eigenvalue weighted by atomic mass is 15.0. The summed E-state index contributed by atoms with van der Waals surface area (Å²) < 4.78 is 2.05. The molecule has 0 N–H and O–H groups in total. The Bertz CT molecular complexity index is 587. The van der Waals surface area contributed by atoms with Crippen molar-refractivity contribution < 1.29 is 0 Å². The molecule has 88 valence electrons. The lowest BCUT2D eigenvalue weighted by molar-refractivity contribution is 0.783. The summed E-state index contributed by atoms with van der Waals surface area (Å²) in [7, 11) is 0. The second-order valence-electron chi connectivity index (χ2n) is 4.82. The van der Waals surface area contributed by atoms with Crippen molar-refractivity contribution in [2.45, 2.75) is 39.5 Å². The Kier molecular flexibility index (Phi) is 2.89. The van der Waals surface area contributed by atoms with Crippen molar-refractivity contribution in [3.63, 3.8) is 0 Å². The van der Waals surface area contributed by atoms with Crippen LogP contribution in [-0.4, -0.2) is 9.38 Å². The second kappa shape index (κ2) is 4.21. The molecule has 3 nitrogen and oxygen atoms in total. The third-order valence-corrected chi connectivity index (χ3v) is 2.98. The largest absolute Gasteiger partial charge is 0.302 e. The van der Waals surface area contributed by atoms with Gasteiger partial charge in [0.1, 0.15) is 5.65 Å². The Balaban J connectivity index is 2.78. The Morgan fingerprint density at radius 1 is 1.29 bits per heavy atom. The normalized spacial score (nSPS) is 12.9. The molecule has 2 heterocycles. The van der Waals surface area contributed by atoms with Crippen LogP contribution in [0.2, 0.25) is 0 Å². The maximum atomic E-state index is 9.15. The van der Waals surface area contributed by atoms with E-state index < -0.39 is 0 Å². The first kappa shape index (κ1) is 11.7. The van der Waals surface area contributed by atoms with E-state index in [2.05, 4.69) is 42.4 Å². The highest BCUT2D eigenvalue weighted by molar-refractivity contribution is 5.47. The van der Waals surface area contributed by atoms with Gasteiger partial charge in [-0.05, 0) is 31.4 Å². The molecule has 1 unspecified atom stereocenters. The third-order valence-electron chi connectivity index (χ3n) is 2.98. The molecule has 0 saturated heterocycles. The molecular weight excluding hydrogens is 210 g/mol. The summed E-state index contributed by atoms with van der Waals surface area (Å²) >= 11 is 0. The molecule has 0 radical (unpaired) electrons. The fourth-order valence-corrected chi connectivity index (χ4v) is 2.10. The van der Waals surface area contributed by atoms with E-state index in [1.807, 2.05) is 19.1 Å². The van der Waals surface area contributed by atoms with Gasteiger partial charge in [0.25, 0.3) is 0 Å². The molecule has 0 aliphatic heterocycles. The van der Waals surface area contributed by atoms with Gasteiger partial charge in [-0.15, -0.1) is 0 Å². The van der Waals surface area contributed by atoms with Crippen LogP contribution in [0.1, 0.15) is 49.6 Å². The third kappa shape index (κ3) is 1.91. The van der Waals surface area contributed by atoms with E-state index in [0.29, 0.717) is 5.92 Å². The van der Waals surface area contributed by atoms with E-state index in [0.717, 1.165) is 17.0 Å². The van der Waals surface area contributed by atoms with E-state index in [-0.39, 0.29) is 5.92 Å². The number of hydrogen-bond acceptors (Lipinski definition) is 2. The molecule has 0 aliphatic rings. The SMILES string of the molecule is Cc1ccc2nc(C(C)C)c(C(C)C#N)n2c1. The van der Waals surface area contributed by atoms with Crippen LogP contribution < -0.4 is 0 Å². The maximum Gasteiger partial charge on any atom is 0.137 e. The fraction of sp³-hybridized carbons (Fsp3) is 0.429. The van der Waals surface area contributed by atoms with E-state index in [4.69, 9.17) is 5.26 Å². The van der Waals surface area contributed by atoms with Gasteiger partial charge >= 0.3 is 0 Å². The molecule has 0 saturated carbocycles. The van der Waals surface area contributed by atoms with Gasteiger partial charge in [0.15, 0.2) is 0 Å². The van der Waals surface area contributed by atoms with Crippen LogP contribution in [0.15, 0.2) is 18.3 Å². The molecular formula is C14H17N3. The first-order chi connectivity index (χ1) is 8.04. The lowest BCUT2D eigenvalue weighted by Gasteiger charge is -2.09. The van der Waals surface area contributed by atoms with Crippen LogP contribution in [0, 0.1) is 18.3 Å². The first-order valence-corrected chi connectivity index (χ1v) is 5.92. The van der Waals surface area contributed by atoms with Gasteiger partial charge in [0.2, 0.25) is 0 Å². The summed E-state index contributed by atoms with van der Waals surface area (Å²) in [6.07, 6.45) is 2.05. The zero-order chi connectivity index (χ0) is 12.6. The van der Waals surface area contributed by atoms with Gasteiger partial charge in [-0.25, -0.2) is 4.98 Å². The quantitative estimate of drug-likeness (QED) is 0.789. The number of fused-ring (bicyclic) bond motifs is 1. The van der Waals surface area contributed by atoms with Crippen molar-refractivity contribution in [1.29, 1.82) is 5.26 Å². The first-order valence-electron chi connectivity index (χ1n) is 5.92. The van der Waals surface area contributed by atoms with Crippen molar-refractivity contribution in [3.8, 4) is 6.07 Å². The molecule has 0 amide bonds. The fourth-order valence-electron chi connectivity index (χ4n) is 2.10. The van der Waals surface area contributed by atoms with E-state index >= 15 is 0 Å². The summed E-state index contributed by atoms with van der Waals surface area (Å²) in [6, 6.07) is 6.37. The molecule has 0 spiro atoms. The maximum absolute atomic E-state index is 9.15. The number of aryl methyl sites for hydroxylation is 1. The van der Waals surface area contributed by atoms with Crippen LogP contribution in [0.5, 0.6) is 0 Å². The molecule has 17 heavy (non-hydrogen) atoms. The lowest BCUT2D eigenvalue weighted by Crippen LogP contribution is -2.02. The number of nitrogens with zero attached hydrogens (tertiary/aromatic N) is 3. The molecule has 0 fully saturated rings. The van der Waals surface area contributed by atoms with Crippen molar-refractivity contribution >= 4 is 5.65 Å². The van der Waals surface area contributed by atoms with E-state index in [1.54, 1.807) is 0 Å². The minimum atomic E-state index is -0.135. The van der Waals surface area contributed by atoms with Crippen LogP contribution in [-0.2, 0) is 0 Å². The monoisotopic (exact) mass is 227 g/mol. The van der Waals surface area contributed by atoms with Gasteiger partial charge < -0.3 is 4.40 Å². The average molecular weight is 227 g/mol. The molecule has 2 aromatic rings. The number of pyridine rings is 1. The number of aromatic nitrogens is 2. The predicted octanol–water partition coefficient (Wildman–Crippen LogP) is 3.39. The number of rotatable bonds is 2. The van der Waals surface area contributed by atoms with Crippen molar-refractivity contribution in [2.75, 3.05) is 0 Å². The zero-order valence-corrected chi connectivity index (χ0v) is 10.7. The Morgan fingerprint density at radius 2 is 2.00 bits per heavy atom.